The third-order valence-corrected chi connectivity index (χ3v) is 2.05. The number of amides is 1. The van der Waals surface area contributed by atoms with Gasteiger partial charge in [-0.15, -0.1) is 0 Å². The Morgan fingerprint density at radius 1 is 1.44 bits per heavy atom. The molecule has 1 aromatic carbocycles. The van der Waals surface area contributed by atoms with E-state index in [0.717, 1.165) is 0 Å². The van der Waals surface area contributed by atoms with Crippen molar-refractivity contribution in [1.29, 1.82) is 0 Å². The summed E-state index contributed by atoms with van der Waals surface area (Å²) in [6.07, 6.45) is 0.299. The summed E-state index contributed by atoms with van der Waals surface area (Å²) >= 11 is 0. The molecule has 0 heterocycles. The molecule has 84 valence electrons. The van der Waals surface area contributed by atoms with Crippen molar-refractivity contribution in [2.45, 2.75) is 13.3 Å². The van der Waals surface area contributed by atoms with Gasteiger partial charge in [-0.05, 0) is 25.8 Å². The van der Waals surface area contributed by atoms with Crippen LogP contribution in [0.2, 0.25) is 0 Å². The van der Waals surface area contributed by atoms with Crippen LogP contribution in [0.1, 0.15) is 23.7 Å². The van der Waals surface area contributed by atoms with Crippen LogP contribution in [0.3, 0.4) is 0 Å². The Bertz CT molecular complexity index is 413. The number of anilines is 1. The van der Waals surface area contributed by atoms with Crippen molar-refractivity contribution in [2.24, 2.45) is 4.99 Å². The third-order valence-electron chi connectivity index (χ3n) is 2.05. The number of nitrogens with one attached hydrogen (secondary N) is 1. The van der Waals surface area contributed by atoms with Crippen molar-refractivity contribution in [1.82, 2.24) is 0 Å². The monoisotopic (exact) mass is 218 g/mol. The van der Waals surface area contributed by atoms with Gasteiger partial charge in [0.1, 0.15) is 0 Å². The normalized spacial score (nSPS) is 9.56. The molecule has 0 aliphatic heterocycles. The van der Waals surface area contributed by atoms with Gasteiger partial charge < -0.3 is 10.3 Å². The highest BCUT2D eigenvalue weighted by Gasteiger charge is 2.03. The molecule has 1 aromatic rings. The number of rotatable bonds is 5. The summed E-state index contributed by atoms with van der Waals surface area (Å²) in [4.78, 5) is 26.1. The molecule has 0 saturated heterocycles. The Morgan fingerprint density at radius 2 is 2.19 bits per heavy atom. The summed E-state index contributed by atoms with van der Waals surface area (Å²) < 4.78 is 0. The zero-order valence-corrected chi connectivity index (χ0v) is 9.19. The van der Waals surface area contributed by atoms with Gasteiger partial charge in [0.25, 0.3) is 0 Å². The molecule has 0 spiro atoms. The predicted molar refractivity (Wildman–Crippen MR) is 64.1 cm³/mol. The van der Waals surface area contributed by atoms with Crippen molar-refractivity contribution in [3.05, 3.63) is 29.8 Å². The van der Waals surface area contributed by atoms with Crippen LogP contribution < -0.4 is 5.32 Å². The van der Waals surface area contributed by atoms with Crippen LogP contribution in [0.15, 0.2) is 29.3 Å². The van der Waals surface area contributed by atoms with E-state index in [0.29, 0.717) is 24.2 Å². The molecule has 4 heteroatoms. The molecule has 1 rings (SSSR count). The predicted octanol–water partition coefficient (Wildman–Crippen LogP) is 1.92. The first-order valence-corrected chi connectivity index (χ1v) is 4.97. The lowest BCUT2D eigenvalue weighted by atomic mass is 10.1. The largest absolute Gasteiger partial charge is 0.326 e. The van der Waals surface area contributed by atoms with Crippen LogP contribution in [0.4, 0.5) is 5.69 Å². The summed E-state index contributed by atoms with van der Waals surface area (Å²) in [6.45, 7) is 5.19. The summed E-state index contributed by atoms with van der Waals surface area (Å²) in [5, 5.41) is 2.69. The van der Waals surface area contributed by atoms with E-state index < -0.39 is 0 Å². The first-order chi connectivity index (χ1) is 7.63. The molecular formula is C12H14N2O2. The van der Waals surface area contributed by atoms with Gasteiger partial charge in [-0.1, -0.05) is 12.1 Å². The van der Waals surface area contributed by atoms with Crippen LogP contribution in [0.5, 0.6) is 0 Å². The molecule has 0 saturated carbocycles. The van der Waals surface area contributed by atoms with Crippen LogP contribution in [-0.2, 0) is 4.79 Å². The highest BCUT2D eigenvalue weighted by molar-refractivity contribution is 5.97. The fourth-order valence-electron chi connectivity index (χ4n) is 1.22. The lowest BCUT2D eigenvalue weighted by Crippen LogP contribution is -2.12. The smallest absolute Gasteiger partial charge is 0.226 e. The van der Waals surface area contributed by atoms with E-state index in [9.17, 15) is 9.59 Å². The van der Waals surface area contributed by atoms with Crippen molar-refractivity contribution in [3.8, 4) is 0 Å². The molecule has 0 bridgehead atoms. The molecule has 0 aromatic heterocycles. The molecule has 0 aliphatic carbocycles. The standard InChI is InChI=1S/C12H14N2O2/c1-9(15)10-4-3-5-11(8-10)14-12(16)6-7-13-2/h3-5,8H,2,6-7H2,1H3,(H,14,16). The molecule has 0 unspecified atom stereocenters. The molecule has 4 nitrogen and oxygen atoms in total. The van der Waals surface area contributed by atoms with Gasteiger partial charge in [-0.3, -0.25) is 9.59 Å². The third kappa shape index (κ3) is 3.65. The first kappa shape index (κ1) is 12.1. The van der Waals surface area contributed by atoms with E-state index in [1.54, 1.807) is 24.3 Å². The van der Waals surface area contributed by atoms with E-state index in [4.69, 9.17) is 0 Å². The molecule has 0 aliphatic rings. The van der Waals surface area contributed by atoms with Crippen LogP contribution in [0, 0.1) is 0 Å². The fourth-order valence-corrected chi connectivity index (χ4v) is 1.22. The van der Waals surface area contributed by atoms with Crippen molar-refractivity contribution < 1.29 is 9.59 Å². The number of ketones is 1. The van der Waals surface area contributed by atoms with Gasteiger partial charge in [0.05, 0.1) is 0 Å². The van der Waals surface area contributed by atoms with Crippen LogP contribution >= 0.6 is 0 Å². The average molecular weight is 218 g/mol. The van der Waals surface area contributed by atoms with Gasteiger partial charge >= 0.3 is 0 Å². The molecule has 16 heavy (non-hydrogen) atoms. The Balaban J connectivity index is 2.66. The number of carbonyl (C=O) groups is 2. The second kappa shape index (κ2) is 5.80. The van der Waals surface area contributed by atoms with Gasteiger partial charge in [0, 0.05) is 24.2 Å². The highest BCUT2D eigenvalue weighted by atomic mass is 16.1. The maximum Gasteiger partial charge on any atom is 0.226 e. The molecule has 1 N–H and O–H groups in total. The maximum atomic E-state index is 11.4. The average Bonchev–Trinajstić information content (AvgIpc) is 2.26. The Labute approximate surface area is 94.4 Å². The summed E-state index contributed by atoms with van der Waals surface area (Å²) in [6, 6.07) is 6.84. The van der Waals surface area contributed by atoms with Crippen molar-refractivity contribution in [3.63, 3.8) is 0 Å². The second-order valence-corrected chi connectivity index (χ2v) is 3.38. The van der Waals surface area contributed by atoms with Crippen molar-refractivity contribution >= 4 is 24.1 Å². The molecule has 0 fully saturated rings. The number of aliphatic imine (C=N–C) groups is 1. The topological polar surface area (TPSA) is 58.5 Å². The fraction of sp³-hybridized carbons (Fsp3) is 0.250. The molecule has 1 amide bonds. The summed E-state index contributed by atoms with van der Waals surface area (Å²) in [7, 11) is 0. The Morgan fingerprint density at radius 3 is 2.81 bits per heavy atom. The number of Topliss-reactive ketones (excluding diaryl/α,β-unsaturated/α-hetero) is 1. The number of carbonyl (C=O) groups excluding carboxylic acids is 2. The molecular weight excluding hydrogens is 204 g/mol. The zero-order chi connectivity index (χ0) is 12.0. The van der Waals surface area contributed by atoms with E-state index in [1.165, 1.54) is 6.92 Å². The second-order valence-electron chi connectivity index (χ2n) is 3.38. The van der Waals surface area contributed by atoms with Gasteiger partial charge in [-0.25, -0.2) is 0 Å². The molecule has 0 atom stereocenters. The highest BCUT2D eigenvalue weighted by Crippen LogP contribution is 2.11. The first-order valence-electron chi connectivity index (χ1n) is 4.97. The minimum atomic E-state index is -0.131. The van der Waals surface area contributed by atoms with Gasteiger partial charge in [0.15, 0.2) is 5.78 Å². The minimum Gasteiger partial charge on any atom is -0.326 e. The molecule has 0 radical (unpaired) electrons. The zero-order valence-electron chi connectivity index (χ0n) is 9.19. The van der Waals surface area contributed by atoms with E-state index in [-0.39, 0.29) is 11.7 Å². The summed E-state index contributed by atoms with van der Waals surface area (Å²) in [5.41, 5.74) is 1.21. The van der Waals surface area contributed by atoms with Crippen LogP contribution in [-0.4, -0.2) is 25.0 Å². The lowest BCUT2D eigenvalue weighted by Gasteiger charge is -2.05. The number of hydrogen-bond acceptors (Lipinski definition) is 3. The Hall–Kier alpha value is -1.97. The van der Waals surface area contributed by atoms with E-state index >= 15 is 0 Å². The van der Waals surface area contributed by atoms with E-state index in [2.05, 4.69) is 17.0 Å². The Kier molecular flexibility index (Phi) is 4.39. The van der Waals surface area contributed by atoms with Gasteiger partial charge in [-0.2, -0.15) is 0 Å². The maximum absolute atomic E-state index is 11.4. The lowest BCUT2D eigenvalue weighted by molar-refractivity contribution is -0.116. The SMILES string of the molecule is C=NCCC(=O)Nc1cccc(C(C)=O)c1. The number of hydrogen-bond donors (Lipinski definition) is 1. The minimum absolute atomic E-state index is 0.0242. The van der Waals surface area contributed by atoms with Crippen LogP contribution in [0.25, 0.3) is 0 Å². The number of nitrogens with zero attached hydrogens (tertiary/aromatic N) is 1. The number of benzene rings is 1. The summed E-state index contributed by atoms with van der Waals surface area (Å²) in [5.74, 6) is -0.156. The van der Waals surface area contributed by atoms with Gasteiger partial charge in [0.2, 0.25) is 5.91 Å². The quantitative estimate of drug-likeness (QED) is 0.606. The van der Waals surface area contributed by atoms with E-state index in [1.807, 2.05) is 0 Å². The van der Waals surface area contributed by atoms with Crippen molar-refractivity contribution in [2.75, 3.05) is 11.9 Å².